The molecular formula is C21H20ClN3O6S. The van der Waals surface area contributed by atoms with E-state index >= 15 is 0 Å². The van der Waals surface area contributed by atoms with Crippen LogP contribution in [0.3, 0.4) is 0 Å². The molecule has 3 rings (SSSR count). The number of thioether (sulfide) groups is 1. The number of ether oxygens (including phenoxy) is 1. The average molecular weight is 478 g/mol. The van der Waals surface area contributed by atoms with Gasteiger partial charge in [-0.2, -0.15) is 0 Å². The topological polar surface area (TPSA) is 112 Å². The van der Waals surface area contributed by atoms with Gasteiger partial charge in [-0.05, 0) is 69.3 Å². The minimum Gasteiger partial charge on any atom is -0.462 e. The number of halogens is 1. The van der Waals surface area contributed by atoms with Crippen molar-refractivity contribution >= 4 is 52.2 Å². The number of nitro benzene ring substituents is 1. The van der Waals surface area contributed by atoms with E-state index < -0.39 is 28.6 Å². The van der Waals surface area contributed by atoms with Crippen molar-refractivity contribution in [3.8, 4) is 5.69 Å². The van der Waals surface area contributed by atoms with Crippen LogP contribution < -0.4 is 0 Å². The molecule has 0 saturated carbocycles. The lowest BCUT2D eigenvalue weighted by molar-refractivity contribution is -0.384. The third kappa shape index (κ3) is 4.71. The van der Waals surface area contributed by atoms with Crippen LogP contribution >= 0.6 is 23.4 Å². The number of hydrogen-bond acceptors (Lipinski definition) is 7. The summed E-state index contributed by atoms with van der Waals surface area (Å²) in [5.41, 5.74) is 2.47. The van der Waals surface area contributed by atoms with Gasteiger partial charge in [-0.3, -0.25) is 29.4 Å². The Labute approximate surface area is 193 Å². The first-order chi connectivity index (χ1) is 15.0. The van der Waals surface area contributed by atoms with E-state index in [0.717, 1.165) is 22.4 Å². The van der Waals surface area contributed by atoms with E-state index in [-0.39, 0.29) is 21.7 Å². The first kappa shape index (κ1) is 23.6. The molecule has 11 heteroatoms. The van der Waals surface area contributed by atoms with Gasteiger partial charge in [0.05, 0.1) is 21.6 Å². The smallest absolute Gasteiger partial charge is 0.326 e. The summed E-state index contributed by atoms with van der Waals surface area (Å²) in [5, 5.41) is 10.7. The van der Waals surface area contributed by atoms with Crippen LogP contribution in [-0.4, -0.2) is 44.2 Å². The van der Waals surface area contributed by atoms with E-state index in [2.05, 4.69) is 0 Å². The molecule has 1 fully saturated rings. The zero-order chi connectivity index (χ0) is 23.7. The van der Waals surface area contributed by atoms with Gasteiger partial charge in [0, 0.05) is 17.5 Å². The summed E-state index contributed by atoms with van der Waals surface area (Å²) in [6, 6.07) is 6.29. The number of aromatic nitrogens is 1. The quantitative estimate of drug-likeness (QED) is 0.258. The number of esters is 1. The van der Waals surface area contributed by atoms with Gasteiger partial charge in [-0.15, -0.1) is 0 Å². The van der Waals surface area contributed by atoms with Crippen molar-refractivity contribution in [1.29, 1.82) is 0 Å². The normalized spacial score (nSPS) is 15.2. The molecule has 1 aliphatic heterocycles. The van der Waals surface area contributed by atoms with Crippen LogP contribution in [0.1, 0.15) is 30.8 Å². The molecule has 0 aliphatic carbocycles. The van der Waals surface area contributed by atoms with Crippen LogP contribution in [0.15, 0.2) is 29.2 Å². The fourth-order valence-corrected chi connectivity index (χ4v) is 4.33. The summed E-state index contributed by atoms with van der Waals surface area (Å²) < 4.78 is 6.80. The first-order valence-electron chi connectivity index (χ1n) is 9.57. The molecule has 1 saturated heterocycles. The molecule has 0 bridgehead atoms. The molecule has 2 aromatic rings. The molecule has 1 aromatic heterocycles. The molecule has 2 heterocycles. The molecule has 1 aliphatic rings. The Morgan fingerprint density at radius 3 is 2.59 bits per heavy atom. The maximum atomic E-state index is 12.7. The maximum Gasteiger partial charge on any atom is 0.326 e. The van der Waals surface area contributed by atoms with Crippen LogP contribution in [0.25, 0.3) is 11.8 Å². The van der Waals surface area contributed by atoms with Gasteiger partial charge in [-0.25, -0.2) is 0 Å². The molecular weight excluding hydrogens is 458 g/mol. The SMILES string of the molecule is Cc1cc(/C=C2\SC(=O)N(CC(=O)OC(C)C)C2=O)c(C)n1-c1ccc(Cl)c([N+](=O)[O-])c1. The van der Waals surface area contributed by atoms with Gasteiger partial charge < -0.3 is 9.30 Å². The number of aryl methyl sites for hydroxylation is 1. The summed E-state index contributed by atoms with van der Waals surface area (Å²) in [5.74, 6) is -1.24. The largest absolute Gasteiger partial charge is 0.462 e. The second-order valence-corrected chi connectivity index (χ2v) is 8.76. The van der Waals surface area contributed by atoms with Crippen LogP contribution in [0.5, 0.6) is 0 Å². The van der Waals surface area contributed by atoms with Crippen molar-refractivity contribution in [2.24, 2.45) is 0 Å². The van der Waals surface area contributed by atoms with Crippen molar-refractivity contribution < 1.29 is 24.0 Å². The van der Waals surface area contributed by atoms with Crippen LogP contribution in [0.4, 0.5) is 10.5 Å². The molecule has 2 amide bonds. The van der Waals surface area contributed by atoms with Crippen molar-refractivity contribution in [2.45, 2.75) is 33.8 Å². The lowest BCUT2D eigenvalue weighted by atomic mass is 10.2. The zero-order valence-corrected chi connectivity index (χ0v) is 19.3. The Morgan fingerprint density at radius 1 is 1.28 bits per heavy atom. The zero-order valence-electron chi connectivity index (χ0n) is 17.7. The second kappa shape index (κ2) is 9.17. The van der Waals surface area contributed by atoms with Crippen molar-refractivity contribution in [3.63, 3.8) is 0 Å². The van der Waals surface area contributed by atoms with Crippen molar-refractivity contribution in [1.82, 2.24) is 9.47 Å². The van der Waals surface area contributed by atoms with Gasteiger partial charge >= 0.3 is 5.97 Å². The minimum absolute atomic E-state index is 0.0334. The standard InChI is InChI=1S/C21H20ClN3O6S/c1-11(2)31-19(26)10-23-20(27)18(32-21(23)28)8-14-7-12(3)24(13(14)4)15-5-6-16(22)17(9-15)25(29)30/h5-9,11H,10H2,1-4H3/b18-8-. The highest BCUT2D eigenvalue weighted by Crippen LogP contribution is 2.34. The van der Waals surface area contributed by atoms with Gasteiger partial charge in [0.25, 0.3) is 16.8 Å². The molecule has 0 radical (unpaired) electrons. The highest BCUT2D eigenvalue weighted by molar-refractivity contribution is 8.18. The number of nitrogens with zero attached hydrogens (tertiary/aromatic N) is 3. The van der Waals surface area contributed by atoms with E-state index in [1.54, 1.807) is 43.5 Å². The van der Waals surface area contributed by atoms with E-state index in [9.17, 15) is 24.5 Å². The highest BCUT2D eigenvalue weighted by Gasteiger charge is 2.37. The monoisotopic (exact) mass is 477 g/mol. The highest BCUT2D eigenvalue weighted by atomic mass is 35.5. The number of imide groups is 1. The molecule has 1 aromatic carbocycles. The van der Waals surface area contributed by atoms with E-state index in [0.29, 0.717) is 16.9 Å². The number of rotatable bonds is 6. The number of amides is 2. The fraction of sp³-hybridized carbons (Fsp3) is 0.286. The second-order valence-electron chi connectivity index (χ2n) is 7.36. The van der Waals surface area contributed by atoms with Gasteiger partial charge in [-0.1, -0.05) is 11.6 Å². The Bertz CT molecular complexity index is 1170. The molecule has 0 N–H and O–H groups in total. The summed E-state index contributed by atoms with van der Waals surface area (Å²) in [6.07, 6.45) is 1.22. The van der Waals surface area contributed by atoms with Crippen LogP contribution in [-0.2, 0) is 14.3 Å². The average Bonchev–Trinajstić information content (AvgIpc) is 3.11. The summed E-state index contributed by atoms with van der Waals surface area (Å²) >= 11 is 6.65. The molecule has 0 spiro atoms. The van der Waals surface area contributed by atoms with E-state index in [4.69, 9.17) is 16.3 Å². The van der Waals surface area contributed by atoms with E-state index in [1.807, 2.05) is 6.92 Å². The van der Waals surface area contributed by atoms with Gasteiger partial charge in [0.2, 0.25) is 0 Å². The Kier molecular flexibility index (Phi) is 6.75. The van der Waals surface area contributed by atoms with Gasteiger partial charge in [0.1, 0.15) is 11.6 Å². The van der Waals surface area contributed by atoms with Crippen LogP contribution in [0.2, 0.25) is 5.02 Å². The van der Waals surface area contributed by atoms with E-state index in [1.165, 1.54) is 12.1 Å². The molecule has 0 unspecified atom stereocenters. The van der Waals surface area contributed by atoms with Gasteiger partial charge in [0.15, 0.2) is 0 Å². The molecule has 0 atom stereocenters. The van der Waals surface area contributed by atoms with Crippen molar-refractivity contribution in [2.75, 3.05) is 6.54 Å². The predicted molar refractivity (Wildman–Crippen MR) is 121 cm³/mol. The summed E-state index contributed by atoms with van der Waals surface area (Å²) in [7, 11) is 0. The fourth-order valence-electron chi connectivity index (χ4n) is 3.32. The third-order valence-electron chi connectivity index (χ3n) is 4.67. The Balaban J connectivity index is 1.92. The summed E-state index contributed by atoms with van der Waals surface area (Å²) in [6.45, 7) is 6.52. The molecule has 168 valence electrons. The lowest BCUT2D eigenvalue weighted by Crippen LogP contribution is -2.35. The maximum absolute atomic E-state index is 12.7. The van der Waals surface area contributed by atoms with Crippen molar-refractivity contribution in [3.05, 3.63) is 61.3 Å². The number of benzene rings is 1. The minimum atomic E-state index is -0.661. The molecule has 9 nitrogen and oxygen atoms in total. The Morgan fingerprint density at radius 2 is 1.97 bits per heavy atom. The Hall–Kier alpha value is -3.11. The molecule has 32 heavy (non-hydrogen) atoms. The number of hydrogen-bond donors (Lipinski definition) is 0. The predicted octanol–water partition coefficient (Wildman–Crippen LogP) is 4.64. The third-order valence-corrected chi connectivity index (χ3v) is 5.90. The first-order valence-corrected chi connectivity index (χ1v) is 10.8. The number of carbonyl (C=O) groups excluding carboxylic acids is 3. The number of carbonyl (C=O) groups is 3. The summed E-state index contributed by atoms with van der Waals surface area (Å²) in [4.78, 5) is 48.5. The van der Waals surface area contributed by atoms with Crippen LogP contribution in [0, 0.1) is 24.0 Å². The number of nitro groups is 1. The lowest BCUT2D eigenvalue weighted by Gasteiger charge is -2.13.